The van der Waals surface area contributed by atoms with Gasteiger partial charge in [-0.25, -0.2) is 0 Å². The molecule has 1 rings (SSSR count). The van der Waals surface area contributed by atoms with Gasteiger partial charge >= 0.3 is 6.18 Å². The van der Waals surface area contributed by atoms with Gasteiger partial charge in [0, 0.05) is 6.07 Å². The van der Waals surface area contributed by atoms with Crippen molar-refractivity contribution in [3.05, 3.63) is 22.7 Å². The Hall–Kier alpha value is -1.61. The summed E-state index contributed by atoms with van der Waals surface area (Å²) in [4.78, 5) is 0. The minimum absolute atomic E-state index is 0.0155. The summed E-state index contributed by atoms with van der Waals surface area (Å²) in [6, 6.07) is 4.25. The third kappa shape index (κ3) is 3.71. The molecule has 0 aliphatic rings. The molecule has 3 nitrogen and oxygen atoms in total. The van der Waals surface area contributed by atoms with Crippen LogP contribution in [0.3, 0.4) is 0 Å². The van der Waals surface area contributed by atoms with Gasteiger partial charge in [0.1, 0.15) is 0 Å². The van der Waals surface area contributed by atoms with Crippen molar-refractivity contribution in [1.82, 2.24) is 0 Å². The van der Waals surface area contributed by atoms with Crippen molar-refractivity contribution in [3.63, 3.8) is 0 Å². The lowest BCUT2D eigenvalue weighted by Crippen LogP contribution is -2.19. The van der Waals surface area contributed by atoms with Crippen molar-refractivity contribution in [1.29, 1.82) is 5.26 Å². The first-order chi connectivity index (χ1) is 7.87. The van der Waals surface area contributed by atoms with Crippen LogP contribution >= 0.6 is 11.6 Å². The van der Waals surface area contributed by atoms with E-state index in [-0.39, 0.29) is 22.1 Å². The van der Waals surface area contributed by atoms with Crippen molar-refractivity contribution in [2.75, 3.05) is 13.7 Å². The van der Waals surface area contributed by atoms with E-state index in [1.807, 2.05) is 0 Å². The van der Waals surface area contributed by atoms with E-state index >= 15 is 0 Å². The lowest BCUT2D eigenvalue weighted by Gasteiger charge is -2.13. The fourth-order valence-corrected chi connectivity index (χ4v) is 1.34. The average molecular weight is 266 g/mol. The molecule has 0 N–H and O–H groups in total. The smallest absolute Gasteiger partial charge is 0.422 e. The molecule has 92 valence electrons. The molecule has 0 aliphatic carbocycles. The highest BCUT2D eigenvalue weighted by molar-refractivity contribution is 6.32. The average Bonchev–Trinajstić information content (AvgIpc) is 2.25. The fraction of sp³-hybridized carbons (Fsp3) is 0.300. The van der Waals surface area contributed by atoms with Crippen LogP contribution in [-0.4, -0.2) is 19.9 Å². The summed E-state index contributed by atoms with van der Waals surface area (Å²) in [5.74, 6) is -0.246. The number of hydrogen-bond donors (Lipinski definition) is 0. The van der Waals surface area contributed by atoms with E-state index in [1.54, 1.807) is 6.07 Å². The number of nitrogens with zero attached hydrogens (tertiary/aromatic N) is 1. The zero-order valence-electron chi connectivity index (χ0n) is 8.64. The topological polar surface area (TPSA) is 42.2 Å². The molecule has 0 heterocycles. The predicted octanol–water partition coefficient (Wildman–Crippen LogP) is 3.16. The van der Waals surface area contributed by atoms with Gasteiger partial charge in [0.05, 0.1) is 23.8 Å². The summed E-state index contributed by atoms with van der Waals surface area (Å²) in [6.45, 7) is -1.48. The van der Waals surface area contributed by atoms with Gasteiger partial charge in [0.25, 0.3) is 0 Å². The third-order valence-electron chi connectivity index (χ3n) is 1.74. The van der Waals surface area contributed by atoms with Gasteiger partial charge in [-0.05, 0) is 6.07 Å². The summed E-state index contributed by atoms with van der Waals surface area (Å²) in [5.41, 5.74) is 0.172. The van der Waals surface area contributed by atoms with Crippen molar-refractivity contribution < 1.29 is 22.6 Å². The van der Waals surface area contributed by atoms with E-state index < -0.39 is 12.8 Å². The van der Waals surface area contributed by atoms with Crippen LogP contribution in [0, 0.1) is 11.3 Å². The van der Waals surface area contributed by atoms with Crippen LogP contribution in [0.25, 0.3) is 0 Å². The highest BCUT2D eigenvalue weighted by Crippen LogP contribution is 2.37. The van der Waals surface area contributed by atoms with Gasteiger partial charge in [-0.1, -0.05) is 11.6 Å². The van der Waals surface area contributed by atoms with Gasteiger partial charge in [-0.15, -0.1) is 0 Å². The summed E-state index contributed by atoms with van der Waals surface area (Å²) < 4.78 is 45.3. The van der Waals surface area contributed by atoms with Crippen LogP contribution in [-0.2, 0) is 0 Å². The van der Waals surface area contributed by atoms with Gasteiger partial charge in [-0.3, -0.25) is 0 Å². The molecule has 0 saturated carbocycles. The first-order valence-electron chi connectivity index (χ1n) is 4.34. The molecule has 1 aromatic carbocycles. The maximum absolute atomic E-state index is 12.0. The zero-order chi connectivity index (χ0) is 13.1. The molecule has 0 fully saturated rings. The van der Waals surface area contributed by atoms with Gasteiger partial charge < -0.3 is 9.47 Å². The minimum atomic E-state index is -4.47. The molecule has 1 aromatic rings. The van der Waals surface area contributed by atoms with E-state index in [4.69, 9.17) is 21.6 Å². The maximum Gasteiger partial charge on any atom is 0.422 e. The molecule has 0 atom stereocenters. The van der Waals surface area contributed by atoms with Crippen molar-refractivity contribution in [2.24, 2.45) is 0 Å². The molecule has 0 radical (unpaired) electrons. The number of nitriles is 1. The second-order valence-corrected chi connectivity index (χ2v) is 3.41. The lowest BCUT2D eigenvalue weighted by atomic mass is 10.2. The maximum atomic E-state index is 12.0. The van der Waals surface area contributed by atoms with Crippen LogP contribution in [0.1, 0.15) is 5.56 Å². The normalized spacial score (nSPS) is 10.8. The van der Waals surface area contributed by atoms with Crippen LogP contribution < -0.4 is 9.47 Å². The summed E-state index contributed by atoms with van der Waals surface area (Å²) in [6.07, 6.45) is -4.47. The van der Waals surface area contributed by atoms with Crippen LogP contribution in [0.15, 0.2) is 12.1 Å². The summed E-state index contributed by atoms with van der Waals surface area (Å²) >= 11 is 5.70. The molecular formula is C10H7ClF3NO2. The molecule has 0 amide bonds. The number of rotatable bonds is 3. The van der Waals surface area contributed by atoms with Gasteiger partial charge in [0.2, 0.25) is 0 Å². The van der Waals surface area contributed by atoms with E-state index in [1.165, 1.54) is 19.2 Å². The van der Waals surface area contributed by atoms with Crippen molar-refractivity contribution in [2.45, 2.75) is 6.18 Å². The molecule has 17 heavy (non-hydrogen) atoms. The largest absolute Gasteiger partial charge is 0.493 e. The third-order valence-corrected chi connectivity index (χ3v) is 2.02. The van der Waals surface area contributed by atoms with Crippen molar-refractivity contribution in [3.8, 4) is 17.6 Å². The first-order valence-corrected chi connectivity index (χ1v) is 4.72. The Kier molecular flexibility index (Phi) is 4.07. The lowest BCUT2D eigenvalue weighted by molar-refractivity contribution is -0.153. The number of alkyl halides is 3. The molecule has 0 saturated heterocycles. The Labute approximate surface area is 100 Å². The predicted molar refractivity (Wildman–Crippen MR) is 54.3 cm³/mol. The Bertz CT molecular complexity index is 454. The first kappa shape index (κ1) is 13.5. The summed E-state index contributed by atoms with van der Waals surface area (Å²) in [7, 11) is 1.24. The van der Waals surface area contributed by atoms with Crippen LogP contribution in [0.2, 0.25) is 5.02 Å². The number of methoxy groups -OCH3 is 1. The number of benzene rings is 1. The Morgan fingerprint density at radius 2 is 2.06 bits per heavy atom. The van der Waals surface area contributed by atoms with E-state index in [2.05, 4.69) is 4.74 Å². The van der Waals surface area contributed by atoms with Crippen LogP contribution in [0.5, 0.6) is 11.5 Å². The molecule has 0 aromatic heterocycles. The molecule has 7 heteroatoms. The standard InChI is InChI=1S/C10H7ClF3NO2/c1-16-8-3-6(4-15)2-7(11)9(8)17-5-10(12,13)14/h2-3H,5H2,1H3. The number of ether oxygens (including phenoxy) is 2. The second-order valence-electron chi connectivity index (χ2n) is 3.01. The highest BCUT2D eigenvalue weighted by atomic mass is 35.5. The summed E-state index contributed by atoms with van der Waals surface area (Å²) in [5, 5.41) is 8.54. The van der Waals surface area contributed by atoms with Crippen molar-refractivity contribution >= 4 is 11.6 Å². The Morgan fingerprint density at radius 1 is 1.41 bits per heavy atom. The quantitative estimate of drug-likeness (QED) is 0.843. The zero-order valence-corrected chi connectivity index (χ0v) is 9.39. The Balaban J connectivity index is 3.03. The van der Waals surface area contributed by atoms with E-state index in [0.717, 1.165) is 0 Å². The fourth-order valence-electron chi connectivity index (χ4n) is 1.08. The molecule has 0 spiro atoms. The molecule has 0 unspecified atom stereocenters. The van der Waals surface area contributed by atoms with Gasteiger partial charge in [-0.2, -0.15) is 18.4 Å². The Morgan fingerprint density at radius 3 is 2.53 bits per heavy atom. The second kappa shape index (κ2) is 5.15. The van der Waals surface area contributed by atoms with Gasteiger partial charge in [0.15, 0.2) is 18.1 Å². The molecular weight excluding hydrogens is 259 g/mol. The SMILES string of the molecule is COc1cc(C#N)cc(Cl)c1OCC(F)(F)F. The number of hydrogen-bond acceptors (Lipinski definition) is 3. The minimum Gasteiger partial charge on any atom is -0.493 e. The van der Waals surface area contributed by atoms with E-state index in [0.29, 0.717) is 0 Å². The monoisotopic (exact) mass is 265 g/mol. The van der Waals surface area contributed by atoms with Crippen LogP contribution in [0.4, 0.5) is 13.2 Å². The highest BCUT2D eigenvalue weighted by Gasteiger charge is 2.29. The molecule has 0 aliphatic heterocycles. The number of halogens is 4. The molecule has 0 bridgehead atoms. The van der Waals surface area contributed by atoms with E-state index in [9.17, 15) is 13.2 Å².